The lowest BCUT2D eigenvalue weighted by molar-refractivity contribution is 0.192. The number of hydrogen-bond acceptors (Lipinski definition) is 5. The van der Waals surface area contributed by atoms with Crippen molar-refractivity contribution in [3.63, 3.8) is 0 Å². The summed E-state index contributed by atoms with van der Waals surface area (Å²) in [5, 5.41) is 20.8. The minimum Gasteiger partial charge on any atom is -0.387 e. The molecule has 7 heteroatoms. The molecule has 2 rings (SSSR count). The Kier molecular flexibility index (Phi) is 4.80. The predicted molar refractivity (Wildman–Crippen MR) is 81.7 cm³/mol. The van der Waals surface area contributed by atoms with Crippen LogP contribution in [0.3, 0.4) is 0 Å². The lowest BCUT2D eigenvalue weighted by Crippen LogP contribution is -2.26. The van der Waals surface area contributed by atoms with Crippen molar-refractivity contribution in [1.29, 1.82) is 0 Å². The summed E-state index contributed by atoms with van der Waals surface area (Å²) in [6, 6.07) is 1.80. The van der Waals surface area contributed by atoms with E-state index < -0.39 is 6.10 Å². The number of nitrogens with one attached hydrogen (secondary N) is 1. The number of nitrogens with zero attached hydrogens (tertiary/aromatic N) is 2. The summed E-state index contributed by atoms with van der Waals surface area (Å²) in [6.07, 6.45) is 0.856. The molecule has 1 unspecified atom stereocenters. The normalized spacial score (nSPS) is 12.7. The fraction of sp³-hybridized carbons (Fsp3) is 0.385. The van der Waals surface area contributed by atoms with Crippen molar-refractivity contribution < 1.29 is 5.11 Å². The third kappa shape index (κ3) is 3.20. The number of aliphatic hydroxyl groups is 1. The summed E-state index contributed by atoms with van der Waals surface area (Å²) in [7, 11) is 0. The Morgan fingerprint density at radius 1 is 1.55 bits per heavy atom. The average Bonchev–Trinajstić information content (AvgIpc) is 2.93. The number of rotatable bonds is 5. The van der Waals surface area contributed by atoms with Gasteiger partial charge in [-0.05, 0) is 36.2 Å². The standard InChI is InChI=1S/C13H16ClN3O2S/c1-8(2)17-13(19)12(14)10(5-16-17)15-6-11(18)9-3-4-20-7-9/h3-5,7-8,11,15,18H,6H2,1-2H3. The fourth-order valence-electron chi connectivity index (χ4n) is 1.72. The van der Waals surface area contributed by atoms with Crippen molar-refractivity contribution >= 4 is 28.6 Å². The van der Waals surface area contributed by atoms with Crippen LogP contribution < -0.4 is 10.9 Å². The van der Waals surface area contributed by atoms with Gasteiger partial charge in [-0.3, -0.25) is 4.79 Å². The molecule has 0 bridgehead atoms. The van der Waals surface area contributed by atoms with Crippen LogP contribution in [0.5, 0.6) is 0 Å². The molecule has 0 radical (unpaired) electrons. The summed E-state index contributed by atoms with van der Waals surface area (Å²) < 4.78 is 1.32. The van der Waals surface area contributed by atoms with Crippen LogP contribution in [0.1, 0.15) is 31.6 Å². The van der Waals surface area contributed by atoms with E-state index in [9.17, 15) is 9.90 Å². The molecule has 0 fully saturated rings. The maximum Gasteiger partial charge on any atom is 0.287 e. The molecule has 0 saturated heterocycles. The van der Waals surface area contributed by atoms with Crippen molar-refractivity contribution in [1.82, 2.24) is 9.78 Å². The van der Waals surface area contributed by atoms with E-state index in [1.807, 2.05) is 30.7 Å². The zero-order chi connectivity index (χ0) is 14.7. The number of aliphatic hydroxyl groups excluding tert-OH is 1. The zero-order valence-electron chi connectivity index (χ0n) is 11.2. The molecule has 2 heterocycles. The Morgan fingerprint density at radius 2 is 2.30 bits per heavy atom. The van der Waals surface area contributed by atoms with Crippen molar-refractivity contribution in [2.75, 3.05) is 11.9 Å². The predicted octanol–water partition coefficient (Wildman–Crippen LogP) is 2.68. The molecule has 108 valence electrons. The van der Waals surface area contributed by atoms with E-state index in [1.54, 1.807) is 0 Å². The van der Waals surface area contributed by atoms with Crippen LogP contribution >= 0.6 is 22.9 Å². The first-order valence-corrected chi connectivity index (χ1v) is 7.54. The van der Waals surface area contributed by atoms with E-state index >= 15 is 0 Å². The largest absolute Gasteiger partial charge is 0.387 e. The first-order valence-electron chi connectivity index (χ1n) is 6.22. The minimum atomic E-state index is -0.648. The number of halogens is 1. The third-order valence-electron chi connectivity index (χ3n) is 2.85. The lowest BCUT2D eigenvalue weighted by atomic mass is 10.2. The Labute approximate surface area is 125 Å². The lowest BCUT2D eigenvalue weighted by Gasteiger charge is -2.14. The van der Waals surface area contributed by atoms with Gasteiger partial charge in [-0.2, -0.15) is 16.4 Å². The SMILES string of the molecule is CC(C)n1ncc(NCC(O)c2ccsc2)c(Cl)c1=O. The second-order valence-corrected chi connectivity index (χ2v) is 5.83. The number of thiophene rings is 1. The van der Waals surface area contributed by atoms with Crippen molar-refractivity contribution in [2.45, 2.75) is 26.0 Å². The van der Waals surface area contributed by atoms with E-state index in [4.69, 9.17) is 11.6 Å². The van der Waals surface area contributed by atoms with E-state index in [2.05, 4.69) is 10.4 Å². The van der Waals surface area contributed by atoms with Crippen LogP contribution in [0.25, 0.3) is 0 Å². The molecule has 0 aliphatic carbocycles. The molecule has 0 spiro atoms. The van der Waals surface area contributed by atoms with Crippen LogP contribution in [0, 0.1) is 0 Å². The Balaban J connectivity index is 2.11. The molecule has 2 N–H and O–H groups in total. The molecule has 20 heavy (non-hydrogen) atoms. The van der Waals surface area contributed by atoms with Crippen LogP contribution in [-0.2, 0) is 0 Å². The van der Waals surface area contributed by atoms with Gasteiger partial charge < -0.3 is 10.4 Å². The highest BCUT2D eigenvalue weighted by Crippen LogP contribution is 2.20. The topological polar surface area (TPSA) is 67.2 Å². The summed E-state index contributed by atoms with van der Waals surface area (Å²) in [4.78, 5) is 12.0. The van der Waals surface area contributed by atoms with E-state index in [0.717, 1.165) is 5.56 Å². The van der Waals surface area contributed by atoms with Gasteiger partial charge in [0, 0.05) is 6.54 Å². The van der Waals surface area contributed by atoms with Crippen LogP contribution in [0.4, 0.5) is 5.69 Å². The Hall–Kier alpha value is -1.37. The summed E-state index contributed by atoms with van der Waals surface area (Å²) in [6.45, 7) is 3.99. The minimum absolute atomic E-state index is 0.0505. The van der Waals surface area contributed by atoms with E-state index in [-0.39, 0.29) is 23.2 Å². The van der Waals surface area contributed by atoms with Gasteiger partial charge in [0.25, 0.3) is 5.56 Å². The molecule has 0 saturated carbocycles. The van der Waals surface area contributed by atoms with Gasteiger partial charge >= 0.3 is 0 Å². The summed E-state index contributed by atoms with van der Waals surface area (Å²) >= 11 is 7.56. The molecule has 2 aromatic heterocycles. The van der Waals surface area contributed by atoms with Crippen molar-refractivity contribution in [3.8, 4) is 0 Å². The Bertz CT molecular complexity index is 625. The van der Waals surface area contributed by atoms with Crippen molar-refractivity contribution in [3.05, 3.63) is 44.0 Å². The number of aromatic nitrogens is 2. The second-order valence-electron chi connectivity index (χ2n) is 4.67. The van der Waals surface area contributed by atoms with Gasteiger partial charge in [0.2, 0.25) is 0 Å². The molecule has 5 nitrogen and oxygen atoms in total. The summed E-state index contributed by atoms with van der Waals surface area (Å²) in [5.74, 6) is 0. The molecule has 0 aliphatic rings. The van der Waals surface area contributed by atoms with Gasteiger partial charge in [0.15, 0.2) is 0 Å². The van der Waals surface area contributed by atoms with Gasteiger partial charge in [-0.1, -0.05) is 11.6 Å². The zero-order valence-corrected chi connectivity index (χ0v) is 12.8. The highest BCUT2D eigenvalue weighted by Gasteiger charge is 2.13. The number of hydrogen-bond donors (Lipinski definition) is 2. The van der Waals surface area contributed by atoms with Gasteiger partial charge in [-0.25, -0.2) is 4.68 Å². The van der Waals surface area contributed by atoms with E-state index in [0.29, 0.717) is 5.69 Å². The molecule has 0 aromatic carbocycles. The quantitative estimate of drug-likeness (QED) is 0.890. The molecular weight excluding hydrogens is 298 g/mol. The molecular formula is C13H16ClN3O2S. The highest BCUT2D eigenvalue weighted by molar-refractivity contribution is 7.07. The third-order valence-corrected chi connectivity index (χ3v) is 3.91. The van der Waals surface area contributed by atoms with Gasteiger partial charge in [0.1, 0.15) is 5.02 Å². The molecule has 0 amide bonds. The summed E-state index contributed by atoms with van der Waals surface area (Å²) in [5.41, 5.74) is 0.932. The Morgan fingerprint density at radius 3 is 2.90 bits per heavy atom. The smallest absolute Gasteiger partial charge is 0.287 e. The second kappa shape index (κ2) is 6.39. The maximum atomic E-state index is 12.0. The highest BCUT2D eigenvalue weighted by atomic mass is 35.5. The van der Waals surface area contributed by atoms with E-state index in [1.165, 1.54) is 22.2 Å². The average molecular weight is 314 g/mol. The molecule has 0 aliphatic heterocycles. The van der Waals surface area contributed by atoms with Gasteiger partial charge in [0.05, 0.1) is 24.0 Å². The first kappa shape index (κ1) is 15.0. The monoisotopic (exact) mass is 313 g/mol. The molecule has 1 atom stereocenters. The van der Waals surface area contributed by atoms with Gasteiger partial charge in [-0.15, -0.1) is 0 Å². The molecule has 2 aromatic rings. The fourth-order valence-corrected chi connectivity index (χ4v) is 2.63. The maximum absolute atomic E-state index is 12.0. The van der Waals surface area contributed by atoms with Crippen molar-refractivity contribution in [2.24, 2.45) is 0 Å². The van der Waals surface area contributed by atoms with Crippen LogP contribution in [0.2, 0.25) is 5.02 Å². The van der Waals surface area contributed by atoms with Crippen LogP contribution in [0.15, 0.2) is 27.8 Å². The first-order chi connectivity index (χ1) is 9.50. The number of anilines is 1. The van der Waals surface area contributed by atoms with Crippen LogP contribution in [-0.4, -0.2) is 21.4 Å².